The first kappa shape index (κ1) is 15.4. The highest BCUT2D eigenvalue weighted by molar-refractivity contribution is 5.96. The van der Waals surface area contributed by atoms with Crippen molar-refractivity contribution in [3.63, 3.8) is 0 Å². The molecule has 3 rings (SSSR count). The van der Waals surface area contributed by atoms with Crippen molar-refractivity contribution in [1.29, 1.82) is 0 Å². The average molecular weight is 318 g/mol. The van der Waals surface area contributed by atoms with Gasteiger partial charge in [0.2, 0.25) is 0 Å². The third-order valence-electron chi connectivity index (χ3n) is 3.58. The van der Waals surface area contributed by atoms with Crippen LogP contribution < -0.4 is 0 Å². The van der Waals surface area contributed by atoms with Crippen molar-refractivity contribution in [2.24, 2.45) is 4.99 Å². The number of aliphatic imine (C=N–C) groups is 1. The average Bonchev–Trinajstić information content (AvgIpc) is 2.61. The Bertz CT molecular complexity index is 944. The molecule has 0 spiro atoms. The van der Waals surface area contributed by atoms with Crippen LogP contribution in [0, 0.1) is 10.1 Å². The Kier molecular flexibility index (Phi) is 4.34. The van der Waals surface area contributed by atoms with Gasteiger partial charge in [0.05, 0.1) is 10.6 Å². The molecule has 0 amide bonds. The Morgan fingerprint density at radius 1 is 0.958 bits per heavy atom. The van der Waals surface area contributed by atoms with Gasteiger partial charge in [0.15, 0.2) is 0 Å². The molecule has 0 atom stereocenters. The summed E-state index contributed by atoms with van der Waals surface area (Å²) < 4.78 is 0. The Morgan fingerprint density at radius 3 is 2.38 bits per heavy atom. The SMILES string of the molecule is O=[N+]([O-])c1ccc(N=C/C=C/c2ccc(O)c3ccccc23)cc1. The maximum Gasteiger partial charge on any atom is 0.269 e. The largest absolute Gasteiger partial charge is 0.507 e. The minimum Gasteiger partial charge on any atom is -0.507 e. The minimum atomic E-state index is -0.441. The number of nitrogens with zero attached hydrogens (tertiary/aromatic N) is 2. The van der Waals surface area contributed by atoms with E-state index in [1.165, 1.54) is 12.1 Å². The number of phenolic OH excluding ortho intramolecular Hbond substituents is 1. The summed E-state index contributed by atoms with van der Waals surface area (Å²) in [5.74, 6) is 0.252. The third kappa shape index (κ3) is 3.30. The van der Waals surface area contributed by atoms with Gasteiger partial charge in [-0.05, 0) is 35.2 Å². The lowest BCUT2D eigenvalue weighted by molar-refractivity contribution is -0.384. The molecule has 0 aliphatic carbocycles. The number of nitro benzene ring substituents is 1. The Morgan fingerprint density at radius 2 is 1.67 bits per heavy atom. The lowest BCUT2D eigenvalue weighted by atomic mass is 10.0. The standard InChI is InChI=1S/C19H14N2O3/c22-19-12-7-14(17-5-1-2-6-18(17)19)4-3-13-20-15-8-10-16(11-9-15)21(23)24/h1-13,22H/b4-3+,20-13?. The van der Waals surface area contributed by atoms with Crippen molar-refractivity contribution >= 4 is 34.4 Å². The van der Waals surface area contributed by atoms with Crippen molar-refractivity contribution in [3.05, 3.63) is 82.4 Å². The molecule has 3 aromatic rings. The number of aromatic hydroxyl groups is 1. The molecule has 3 aromatic carbocycles. The quantitative estimate of drug-likeness (QED) is 0.423. The minimum absolute atomic E-state index is 0.0417. The zero-order chi connectivity index (χ0) is 16.9. The second-order valence-corrected chi connectivity index (χ2v) is 5.13. The van der Waals surface area contributed by atoms with Gasteiger partial charge >= 0.3 is 0 Å². The Hall–Kier alpha value is -3.47. The Labute approximate surface area is 138 Å². The van der Waals surface area contributed by atoms with Crippen molar-refractivity contribution in [2.75, 3.05) is 0 Å². The van der Waals surface area contributed by atoms with Crippen LogP contribution in [0.3, 0.4) is 0 Å². The van der Waals surface area contributed by atoms with E-state index in [4.69, 9.17) is 0 Å². The molecule has 1 N–H and O–H groups in total. The number of fused-ring (bicyclic) bond motifs is 1. The van der Waals surface area contributed by atoms with Gasteiger partial charge in [-0.2, -0.15) is 0 Å². The van der Waals surface area contributed by atoms with Crippen LogP contribution in [0.15, 0.2) is 71.7 Å². The fourth-order valence-electron chi connectivity index (χ4n) is 2.39. The number of rotatable bonds is 4. The molecule has 24 heavy (non-hydrogen) atoms. The number of phenols is 1. The van der Waals surface area contributed by atoms with Crippen LogP contribution in [-0.2, 0) is 0 Å². The number of benzene rings is 3. The predicted molar refractivity (Wildman–Crippen MR) is 95.9 cm³/mol. The van der Waals surface area contributed by atoms with E-state index < -0.39 is 4.92 Å². The monoisotopic (exact) mass is 318 g/mol. The van der Waals surface area contributed by atoms with Gasteiger partial charge in [0.25, 0.3) is 5.69 Å². The second kappa shape index (κ2) is 6.75. The van der Waals surface area contributed by atoms with E-state index in [0.717, 1.165) is 16.3 Å². The zero-order valence-electron chi connectivity index (χ0n) is 12.7. The molecule has 0 aliphatic heterocycles. The van der Waals surface area contributed by atoms with E-state index in [1.54, 1.807) is 30.5 Å². The lowest BCUT2D eigenvalue weighted by Gasteiger charge is -2.03. The summed E-state index contributed by atoms with van der Waals surface area (Å²) in [5, 5.41) is 22.2. The molecule has 0 aromatic heterocycles. The maximum absolute atomic E-state index is 10.6. The van der Waals surface area contributed by atoms with Crippen molar-refractivity contribution < 1.29 is 10.0 Å². The van der Waals surface area contributed by atoms with Gasteiger partial charge in [-0.15, -0.1) is 0 Å². The normalized spacial score (nSPS) is 11.5. The summed E-state index contributed by atoms with van der Waals surface area (Å²) in [6.45, 7) is 0. The molecular formula is C19H14N2O3. The van der Waals surface area contributed by atoms with Crippen LogP contribution in [0.5, 0.6) is 5.75 Å². The van der Waals surface area contributed by atoms with Gasteiger partial charge in [0, 0.05) is 23.7 Å². The van der Waals surface area contributed by atoms with Gasteiger partial charge in [-0.25, -0.2) is 0 Å². The fourth-order valence-corrected chi connectivity index (χ4v) is 2.39. The molecule has 5 heteroatoms. The van der Waals surface area contributed by atoms with Gasteiger partial charge in [-0.1, -0.05) is 36.4 Å². The van der Waals surface area contributed by atoms with Gasteiger partial charge in [0.1, 0.15) is 5.75 Å². The number of hydrogen-bond donors (Lipinski definition) is 1. The molecule has 0 saturated carbocycles. The molecular weight excluding hydrogens is 304 g/mol. The predicted octanol–water partition coefficient (Wildman–Crippen LogP) is 4.87. The molecule has 0 unspecified atom stereocenters. The highest BCUT2D eigenvalue weighted by Crippen LogP contribution is 2.28. The molecule has 5 nitrogen and oxygen atoms in total. The molecule has 0 fully saturated rings. The fraction of sp³-hybridized carbons (Fsp3) is 0. The van der Waals surface area contributed by atoms with Crippen LogP contribution >= 0.6 is 0 Å². The zero-order valence-corrected chi connectivity index (χ0v) is 12.7. The molecule has 0 aliphatic rings. The second-order valence-electron chi connectivity index (χ2n) is 5.13. The number of non-ortho nitro benzene ring substituents is 1. The summed E-state index contributed by atoms with van der Waals surface area (Å²) in [5.41, 5.74) is 1.65. The lowest BCUT2D eigenvalue weighted by Crippen LogP contribution is -1.85. The van der Waals surface area contributed by atoms with Crippen molar-refractivity contribution in [3.8, 4) is 5.75 Å². The number of hydrogen-bond acceptors (Lipinski definition) is 4. The van der Waals surface area contributed by atoms with Crippen LogP contribution in [0.4, 0.5) is 11.4 Å². The van der Waals surface area contributed by atoms with Gasteiger partial charge < -0.3 is 5.11 Å². The summed E-state index contributed by atoms with van der Waals surface area (Å²) in [6, 6.07) is 17.2. The Balaban J connectivity index is 1.79. The van der Waals surface area contributed by atoms with E-state index in [2.05, 4.69) is 4.99 Å². The molecule has 0 radical (unpaired) electrons. The number of allylic oxidation sites excluding steroid dienone is 1. The van der Waals surface area contributed by atoms with E-state index in [-0.39, 0.29) is 11.4 Å². The maximum atomic E-state index is 10.6. The first-order valence-corrected chi connectivity index (χ1v) is 7.31. The van der Waals surface area contributed by atoms with E-state index in [1.807, 2.05) is 36.4 Å². The summed E-state index contributed by atoms with van der Waals surface area (Å²) in [4.78, 5) is 14.4. The van der Waals surface area contributed by atoms with E-state index in [0.29, 0.717) is 5.69 Å². The van der Waals surface area contributed by atoms with Crippen LogP contribution in [0.1, 0.15) is 5.56 Å². The highest BCUT2D eigenvalue weighted by atomic mass is 16.6. The van der Waals surface area contributed by atoms with E-state index >= 15 is 0 Å². The van der Waals surface area contributed by atoms with Gasteiger partial charge in [-0.3, -0.25) is 15.1 Å². The topological polar surface area (TPSA) is 75.7 Å². The molecule has 118 valence electrons. The van der Waals surface area contributed by atoms with Crippen LogP contribution in [0.2, 0.25) is 0 Å². The molecule has 0 saturated heterocycles. The molecule has 0 heterocycles. The summed E-state index contributed by atoms with van der Waals surface area (Å²) in [6.07, 6.45) is 5.32. The highest BCUT2D eigenvalue weighted by Gasteiger charge is 2.03. The molecule has 0 bridgehead atoms. The summed E-state index contributed by atoms with van der Waals surface area (Å²) >= 11 is 0. The smallest absolute Gasteiger partial charge is 0.269 e. The number of nitro groups is 1. The van der Waals surface area contributed by atoms with Crippen molar-refractivity contribution in [2.45, 2.75) is 0 Å². The van der Waals surface area contributed by atoms with E-state index in [9.17, 15) is 15.2 Å². The third-order valence-corrected chi connectivity index (χ3v) is 3.58. The van der Waals surface area contributed by atoms with Crippen LogP contribution in [0.25, 0.3) is 16.8 Å². The first-order chi connectivity index (χ1) is 11.6. The van der Waals surface area contributed by atoms with Crippen LogP contribution in [-0.4, -0.2) is 16.2 Å². The first-order valence-electron chi connectivity index (χ1n) is 7.31. The van der Waals surface area contributed by atoms with Crippen molar-refractivity contribution in [1.82, 2.24) is 0 Å². The summed E-state index contributed by atoms with van der Waals surface area (Å²) in [7, 11) is 0.